The average Bonchev–Trinajstić information content (AvgIpc) is 3.46. The summed E-state index contributed by atoms with van der Waals surface area (Å²) in [6.45, 7) is 2.10. The van der Waals surface area contributed by atoms with Crippen LogP contribution < -0.4 is 14.5 Å². The number of benzene rings is 2. The topological polar surface area (TPSA) is 79.4 Å². The number of hydrogen-bond acceptors (Lipinski definition) is 7. The molecule has 0 atom stereocenters. The molecule has 1 aliphatic heterocycles. The number of ether oxygens (including phenoxy) is 2. The number of carbonyl (C=O) groups is 3. The number of hydrogen-bond donors (Lipinski definition) is 0. The van der Waals surface area contributed by atoms with Gasteiger partial charge < -0.3 is 24.2 Å². The molecule has 0 N–H and O–H groups in total. The number of methoxy groups -OCH3 is 1. The van der Waals surface area contributed by atoms with Crippen molar-refractivity contribution in [2.45, 2.75) is 0 Å². The van der Waals surface area contributed by atoms with Crippen LogP contribution in [0.5, 0.6) is 5.75 Å². The van der Waals surface area contributed by atoms with Gasteiger partial charge in [0.15, 0.2) is 6.61 Å². The summed E-state index contributed by atoms with van der Waals surface area (Å²) in [6, 6.07) is 18.1. The molecule has 0 saturated carbocycles. The zero-order valence-corrected chi connectivity index (χ0v) is 20.5. The Balaban J connectivity index is 1.32. The van der Waals surface area contributed by atoms with Gasteiger partial charge in [-0.2, -0.15) is 0 Å². The van der Waals surface area contributed by atoms with E-state index in [4.69, 9.17) is 9.47 Å². The quantitative estimate of drug-likeness (QED) is 0.469. The Morgan fingerprint density at radius 1 is 0.943 bits per heavy atom. The second-order valence-corrected chi connectivity index (χ2v) is 8.95. The van der Waals surface area contributed by atoms with Crippen molar-refractivity contribution < 1.29 is 23.9 Å². The van der Waals surface area contributed by atoms with Gasteiger partial charge in [-0.05, 0) is 47.8 Å². The summed E-state index contributed by atoms with van der Waals surface area (Å²) >= 11 is 1.33. The Kier molecular flexibility index (Phi) is 7.67. The van der Waals surface area contributed by atoms with E-state index >= 15 is 0 Å². The van der Waals surface area contributed by atoms with E-state index in [0.717, 1.165) is 11.4 Å². The van der Waals surface area contributed by atoms with Gasteiger partial charge in [0.05, 0.1) is 23.2 Å². The summed E-state index contributed by atoms with van der Waals surface area (Å²) in [4.78, 5) is 44.1. The standard InChI is InChI=1S/C26H27N3O5S/c1-27(25(31)23-8-5-17-35-23)22-7-4-3-6-21(22)26(32)34-18-24(30)29-15-13-28(14-16-29)19-9-11-20(33-2)12-10-19/h3-12,17H,13-16,18H2,1-2H3. The molecule has 35 heavy (non-hydrogen) atoms. The fraction of sp³-hybridized carbons (Fsp3) is 0.269. The molecule has 0 spiro atoms. The van der Waals surface area contributed by atoms with Crippen LogP contribution in [0.15, 0.2) is 66.0 Å². The molecule has 1 fully saturated rings. The minimum absolute atomic E-state index is 0.217. The van der Waals surface area contributed by atoms with Gasteiger partial charge >= 0.3 is 5.97 Å². The van der Waals surface area contributed by atoms with Crippen molar-refractivity contribution in [2.75, 3.05) is 56.7 Å². The minimum Gasteiger partial charge on any atom is -0.497 e. The summed E-state index contributed by atoms with van der Waals surface area (Å²) in [5.41, 5.74) is 1.73. The molecule has 4 rings (SSSR count). The Morgan fingerprint density at radius 3 is 2.31 bits per heavy atom. The van der Waals surface area contributed by atoms with Crippen LogP contribution in [0.1, 0.15) is 20.0 Å². The highest BCUT2D eigenvalue weighted by atomic mass is 32.1. The number of amides is 2. The monoisotopic (exact) mass is 493 g/mol. The maximum Gasteiger partial charge on any atom is 0.340 e. The number of nitrogens with zero attached hydrogens (tertiary/aromatic N) is 3. The largest absolute Gasteiger partial charge is 0.497 e. The normalized spacial score (nSPS) is 13.3. The molecule has 182 valence electrons. The van der Waals surface area contributed by atoms with Crippen LogP contribution in [-0.4, -0.2) is 69.6 Å². The average molecular weight is 494 g/mol. The highest BCUT2D eigenvalue weighted by Gasteiger charge is 2.24. The Bertz CT molecular complexity index is 1170. The van der Waals surface area contributed by atoms with Gasteiger partial charge in [-0.15, -0.1) is 11.3 Å². The lowest BCUT2D eigenvalue weighted by Crippen LogP contribution is -2.49. The van der Waals surface area contributed by atoms with Crippen molar-refractivity contribution in [2.24, 2.45) is 0 Å². The first kappa shape index (κ1) is 24.3. The lowest BCUT2D eigenvalue weighted by molar-refractivity contribution is -0.134. The van der Waals surface area contributed by atoms with Gasteiger partial charge in [-0.25, -0.2) is 4.79 Å². The van der Waals surface area contributed by atoms with Crippen molar-refractivity contribution in [3.8, 4) is 5.75 Å². The van der Waals surface area contributed by atoms with E-state index in [0.29, 0.717) is 36.7 Å². The van der Waals surface area contributed by atoms with E-state index in [1.54, 1.807) is 55.5 Å². The van der Waals surface area contributed by atoms with E-state index in [9.17, 15) is 14.4 Å². The van der Waals surface area contributed by atoms with Crippen molar-refractivity contribution in [3.63, 3.8) is 0 Å². The van der Waals surface area contributed by atoms with Crippen LogP contribution in [0.2, 0.25) is 0 Å². The first-order valence-electron chi connectivity index (χ1n) is 11.2. The zero-order chi connectivity index (χ0) is 24.8. The number of para-hydroxylation sites is 1. The molecular weight excluding hydrogens is 466 g/mol. The third-order valence-electron chi connectivity index (χ3n) is 5.92. The third-order valence-corrected chi connectivity index (χ3v) is 6.78. The number of thiophene rings is 1. The second-order valence-electron chi connectivity index (χ2n) is 8.00. The van der Waals surface area contributed by atoms with Gasteiger partial charge in [0.25, 0.3) is 11.8 Å². The predicted molar refractivity (Wildman–Crippen MR) is 136 cm³/mol. The van der Waals surface area contributed by atoms with E-state index in [-0.39, 0.29) is 24.0 Å². The van der Waals surface area contributed by atoms with Crippen molar-refractivity contribution in [1.82, 2.24) is 4.90 Å². The molecule has 1 saturated heterocycles. The Labute approximate surface area is 208 Å². The number of rotatable bonds is 7. The second kappa shape index (κ2) is 11.1. The molecule has 2 amide bonds. The summed E-state index contributed by atoms with van der Waals surface area (Å²) in [5, 5.41) is 1.82. The van der Waals surface area contributed by atoms with Crippen LogP contribution in [0.4, 0.5) is 11.4 Å². The van der Waals surface area contributed by atoms with Crippen LogP contribution in [0, 0.1) is 0 Å². The molecule has 3 aromatic rings. The summed E-state index contributed by atoms with van der Waals surface area (Å²) in [6.07, 6.45) is 0. The molecule has 1 aromatic heterocycles. The van der Waals surface area contributed by atoms with Crippen molar-refractivity contribution >= 4 is 40.5 Å². The molecular formula is C26H27N3O5S. The number of anilines is 2. The van der Waals surface area contributed by atoms with Gasteiger partial charge in [0, 0.05) is 38.9 Å². The molecule has 9 heteroatoms. The van der Waals surface area contributed by atoms with Gasteiger partial charge in [-0.3, -0.25) is 9.59 Å². The van der Waals surface area contributed by atoms with E-state index < -0.39 is 5.97 Å². The summed E-state index contributed by atoms with van der Waals surface area (Å²) in [7, 11) is 3.25. The molecule has 0 radical (unpaired) electrons. The fourth-order valence-corrected chi connectivity index (χ4v) is 4.62. The first-order valence-corrected chi connectivity index (χ1v) is 12.1. The Hall–Kier alpha value is -3.85. The van der Waals surface area contributed by atoms with Gasteiger partial charge in [0.1, 0.15) is 5.75 Å². The van der Waals surface area contributed by atoms with Crippen LogP contribution in [-0.2, 0) is 9.53 Å². The SMILES string of the molecule is COc1ccc(N2CCN(C(=O)COC(=O)c3ccccc3N(C)C(=O)c3cccs3)CC2)cc1. The lowest BCUT2D eigenvalue weighted by Gasteiger charge is -2.36. The maximum absolute atomic E-state index is 12.8. The van der Waals surface area contributed by atoms with Crippen LogP contribution in [0.3, 0.4) is 0 Å². The van der Waals surface area contributed by atoms with Crippen molar-refractivity contribution in [1.29, 1.82) is 0 Å². The molecule has 8 nitrogen and oxygen atoms in total. The van der Waals surface area contributed by atoms with Gasteiger partial charge in [0.2, 0.25) is 0 Å². The maximum atomic E-state index is 12.8. The molecule has 2 heterocycles. The fourth-order valence-electron chi connectivity index (χ4n) is 3.92. The smallest absolute Gasteiger partial charge is 0.340 e. The molecule has 0 aliphatic carbocycles. The van der Waals surface area contributed by atoms with Crippen LogP contribution >= 0.6 is 11.3 Å². The van der Waals surface area contributed by atoms with Crippen LogP contribution in [0.25, 0.3) is 0 Å². The van der Waals surface area contributed by atoms with Crippen molar-refractivity contribution in [3.05, 3.63) is 76.5 Å². The van der Waals surface area contributed by atoms with E-state index in [1.165, 1.54) is 16.2 Å². The number of esters is 1. The number of piperazine rings is 1. The summed E-state index contributed by atoms with van der Waals surface area (Å²) in [5.74, 6) is -0.302. The number of carbonyl (C=O) groups excluding carboxylic acids is 3. The predicted octanol–water partition coefficient (Wildman–Crippen LogP) is 3.54. The van der Waals surface area contributed by atoms with E-state index in [1.807, 2.05) is 29.6 Å². The van der Waals surface area contributed by atoms with Gasteiger partial charge in [-0.1, -0.05) is 18.2 Å². The molecule has 1 aliphatic rings. The lowest BCUT2D eigenvalue weighted by atomic mass is 10.1. The zero-order valence-electron chi connectivity index (χ0n) is 19.7. The Morgan fingerprint density at radius 2 is 1.66 bits per heavy atom. The molecule has 0 unspecified atom stereocenters. The summed E-state index contributed by atoms with van der Waals surface area (Å²) < 4.78 is 10.5. The highest BCUT2D eigenvalue weighted by Crippen LogP contribution is 2.24. The van der Waals surface area contributed by atoms with E-state index in [2.05, 4.69) is 4.90 Å². The highest BCUT2D eigenvalue weighted by molar-refractivity contribution is 7.12. The molecule has 0 bridgehead atoms. The first-order chi connectivity index (χ1) is 17.0. The minimum atomic E-state index is -0.642. The third kappa shape index (κ3) is 5.63. The molecule has 2 aromatic carbocycles.